The summed E-state index contributed by atoms with van der Waals surface area (Å²) in [5.74, 6) is 1.80. The van der Waals surface area contributed by atoms with Crippen molar-refractivity contribution in [2.75, 3.05) is 26.2 Å². The van der Waals surface area contributed by atoms with Crippen molar-refractivity contribution in [3.8, 4) is 5.75 Å². The Labute approximate surface area is 146 Å². The van der Waals surface area contributed by atoms with Crippen LogP contribution < -0.4 is 10.1 Å². The van der Waals surface area contributed by atoms with E-state index in [0.717, 1.165) is 25.2 Å². The minimum atomic E-state index is -4.66. The molecule has 2 atom stereocenters. The number of hydrogen-bond donors (Lipinski definition) is 2. The second-order valence-corrected chi connectivity index (χ2v) is 7.82. The van der Waals surface area contributed by atoms with E-state index in [4.69, 9.17) is 0 Å². The lowest BCUT2D eigenvalue weighted by Gasteiger charge is -2.27. The molecule has 2 unspecified atom stereocenters. The van der Waals surface area contributed by atoms with Crippen molar-refractivity contribution in [2.24, 2.45) is 17.8 Å². The van der Waals surface area contributed by atoms with Gasteiger partial charge in [-0.05, 0) is 55.8 Å². The predicted octanol–water partition coefficient (Wildman–Crippen LogP) is 2.62. The number of ether oxygens (including phenoxy) is 1. The third kappa shape index (κ3) is 5.33. The number of aliphatic hydroxyl groups is 1. The van der Waals surface area contributed by atoms with Crippen LogP contribution in [-0.4, -0.2) is 48.1 Å². The summed E-state index contributed by atoms with van der Waals surface area (Å²) >= 11 is 0. The van der Waals surface area contributed by atoms with Crippen LogP contribution in [0.5, 0.6) is 5.75 Å². The zero-order chi connectivity index (χ0) is 18.2. The lowest BCUT2D eigenvalue weighted by molar-refractivity contribution is -0.274. The molecule has 1 saturated carbocycles. The molecule has 3 rings (SSSR count). The van der Waals surface area contributed by atoms with Gasteiger partial charge < -0.3 is 15.2 Å². The number of β-amino-alcohol motifs (C(OH)–C–C–N with tert-alkyl or cyclic N) is 1. The molecule has 0 radical (unpaired) electrons. The number of piperidine rings is 1. The first-order valence-corrected chi connectivity index (χ1v) is 8.61. The Morgan fingerprint density at radius 1 is 1.24 bits per heavy atom. The van der Waals surface area contributed by atoms with E-state index < -0.39 is 12.0 Å². The Morgan fingerprint density at radius 2 is 1.92 bits per heavy atom. The highest BCUT2D eigenvalue weighted by molar-refractivity contribution is 5.28. The number of alkyl halides is 3. The first-order chi connectivity index (χ1) is 11.6. The Bertz CT molecular complexity index is 589. The first-order valence-electron chi connectivity index (χ1n) is 8.61. The number of nitrogens with one attached hydrogen (secondary N) is 1. The maximum absolute atomic E-state index is 12.2. The van der Waals surface area contributed by atoms with Crippen LogP contribution in [0.25, 0.3) is 0 Å². The summed E-state index contributed by atoms with van der Waals surface area (Å²) in [7, 11) is 0. The van der Waals surface area contributed by atoms with Crippen LogP contribution in [0.3, 0.4) is 0 Å². The number of hydrogen-bond acceptors (Lipinski definition) is 4. The van der Waals surface area contributed by atoms with Crippen molar-refractivity contribution >= 4 is 0 Å². The highest BCUT2D eigenvalue weighted by atomic mass is 19.4. The van der Waals surface area contributed by atoms with E-state index in [2.05, 4.69) is 15.0 Å². The molecule has 2 fully saturated rings. The Hall–Kier alpha value is -1.31. The molecule has 0 bridgehead atoms. The van der Waals surface area contributed by atoms with Crippen LogP contribution in [0.1, 0.15) is 19.4 Å². The highest BCUT2D eigenvalue weighted by Crippen LogP contribution is 2.51. The number of halogens is 3. The van der Waals surface area contributed by atoms with Crippen LogP contribution in [0.4, 0.5) is 13.2 Å². The monoisotopic (exact) mass is 358 g/mol. The fourth-order valence-electron chi connectivity index (χ4n) is 3.95. The largest absolute Gasteiger partial charge is 0.573 e. The third-order valence-corrected chi connectivity index (χ3v) is 4.90. The molecule has 1 aliphatic carbocycles. The summed E-state index contributed by atoms with van der Waals surface area (Å²) in [6.45, 7) is 7.80. The molecule has 4 nitrogen and oxygen atoms in total. The van der Waals surface area contributed by atoms with Crippen LogP contribution in [0.2, 0.25) is 0 Å². The maximum atomic E-state index is 12.2. The molecule has 0 aromatic heterocycles. The molecule has 2 N–H and O–H groups in total. The van der Waals surface area contributed by atoms with Crippen molar-refractivity contribution < 1.29 is 23.0 Å². The number of benzene rings is 1. The van der Waals surface area contributed by atoms with Crippen molar-refractivity contribution in [3.63, 3.8) is 0 Å². The number of nitrogens with zero attached hydrogens (tertiary/aromatic N) is 1. The van der Waals surface area contributed by atoms with Gasteiger partial charge in [0.25, 0.3) is 0 Å². The van der Waals surface area contributed by atoms with Gasteiger partial charge in [0.15, 0.2) is 0 Å². The molecule has 1 aromatic rings. The van der Waals surface area contributed by atoms with E-state index >= 15 is 0 Å². The summed E-state index contributed by atoms with van der Waals surface area (Å²) in [6, 6.07) is 6.08. The van der Waals surface area contributed by atoms with Gasteiger partial charge in [-0.3, -0.25) is 4.90 Å². The lowest BCUT2D eigenvalue weighted by atomic mass is 10.1. The van der Waals surface area contributed by atoms with Crippen molar-refractivity contribution in [1.82, 2.24) is 10.2 Å². The topological polar surface area (TPSA) is 44.7 Å². The van der Waals surface area contributed by atoms with Gasteiger partial charge in [0.1, 0.15) is 5.75 Å². The molecule has 1 aromatic carbocycles. The van der Waals surface area contributed by atoms with Crippen molar-refractivity contribution in [2.45, 2.75) is 32.4 Å². The van der Waals surface area contributed by atoms with Crippen LogP contribution >= 0.6 is 0 Å². The van der Waals surface area contributed by atoms with Gasteiger partial charge in [0.05, 0.1) is 5.60 Å². The van der Waals surface area contributed by atoms with E-state index in [1.807, 2.05) is 13.8 Å². The minimum Gasteiger partial charge on any atom is -0.406 e. The van der Waals surface area contributed by atoms with E-state index in [-0.39, 0.29) is 5.75 Å². The molecule has 7 heteroatoms. The van der Waals surface area contributed by atoms with E-state index in [1.165, 1.54) is 12.1 Å². The van der Waals surface area contributed by atoms with Gasteiger partial charge in [0, 0.05) is 26.2 Å². The molecule has 0 spiro atoms. The van der Waals surface area contributed by atoms with E-state index in [1.54, 1.807) is 12.1 Å². The van der Waals surface area contributed by atoms with Gasteiger partial charge >= 0.3 is 6.36 Å². The van der Waals surface area contributed by atoms with Crippen molar-refractivity contribution in [1.29, 1.82) is 0 Å². The summed E-state index contributed by atoms with van der Waals surface area (Å²) in [6.07, 6.45) is -4.66. The normalized spacial score (nSPS) is 26.6. The Kier molecular flexibility index (Phi) is 5.01. The highest BCUT2D eigenvalue weighted by Gasteiger charge is 2.55. The quantitative estimate of drug-likeness (QED) is 0.787. The number of likely N-dealkylation sites (tertiary alicyclic amines) is 1. The Morgan fingerprint density at radius 3 is 2.52 bits per heavy atom. The number of fused-ring (bicyclic) bond motifs is 1. The lowest BCUT2D eigenvalue weighted by Crippen LogP contribution is -2.39. The molecule has 1 saturated heterocycles. The Balaban J connectivity index is 1.39. The third-order valence-electron chi connectivity index (χ3n) is 4.90. The van der Waals surface area contributed by atoms with Crippen LogP contribution in [0.15, 0.2) is 24.3 Å². The summed E-state index contributed by atoms with van der Waals surface area (Å²) in [5.41, 5.74) is 0.116. The molecule has 1 aliphatic heterocycles. The molecular weight excluding hydrogens is 333 g/mol. The molecule has 0 amide bonds. The van der Waals surface area contributed by atoms with E-state index in [9.17, 15) is 18.3 Å². The zero-order valence-corrected chi connectivity index (χ0v) is 14.5. The summed E-state index contributed by atoms with van der Waals surface area (Å²) < 4.78 is 40.7. The summed E-state index contributed by atoms with van der Waals surface area (Å²) in [5, 5.41) is 13.2. The minimum absolute atomic E-state index is 0.183. The average Bonchev–Trinajstić information content (AvgIpc) is 2.89. The van der Waals surface area contributed by atoms with Gasteiger partial charge in [-0.15, -0.1) is 13.2 Å². The van der Waals surface area contributed by atoms with Gasteiger partial charge in [-0.2, -0.15) is 0 Å². The molecule has 25 heavy (non-hydrogen) atoms. The molecule has 1 heterocycles. The standard InChI is InChI=1S/C18H25F3N2O2/c1-17(2,24)11-23-9-15-14(16(15)10-23)8-22-7-12-4-3-5-13(6-12)25-18(19,20)21/h3-6,14-16,22,24H,7-11H2,1-2H3. The molecular formula is C18H25F3N2O2. The zero-order valence-electron chi connectivity index (χ0n) is 14.5. The average molecular weight is 358 g/mol. The van der Waals surface area contributed by atoms with Gasteiger partial charge in [-0.25, -0.2) is 0 Å². The summed E-state index contributed by atoms with van der Waals surface area (Å²) in [4.78, 5) is 2.31. The fourth-order valence-corrected chi connectivity index (χ4v) is 3.95. The first kappa shape index (κ1) is 18.5. The number of rotatable bonds is 7. The van der Waals surface area contributed by atoms with Gasteiger partial charge in [0.2, 0.25) is 0 Å². The SMILES string of the molecule is CC(C)(O)CN1CC2C(CNCc3cccc(OC(F)(F)F)c3)C2C1. The van der Waals surface area contributed by atoms with E-state index in [0.29, 0.717) is 30.8 Å². The smallest absolute Gasteiger partial charge is 0.406 e. The fraction of sp³-hybridized carbons (Fsp3) is 0.667. The van der Waals surface area contributed by atoms with Crippen LogP contribution in [-0.2, 0) is 6.54 Å². The maximum Gasteiger partial charge on any atom is 0.573 e. The molecule has 2 aliphatic rings. The molecule has 140 valence electrons. The van der Waals surface area contributed by atoms with Gasteiger partial charge in [-0.1, -0.05) is 12.1 Å². The van der Waals surface area contributed by atoms with Crippen LogP contribution in [0, 0.1) is 17.8 Å². The second-order valence-electron chi connectivity index (χ2n) is 7.82. The predicted molar refractivity (Wildman–Crippen MR) is 88.0 cm³/mol. The van der Waals surface area contributed by atoms with Crippen molar-refractivity contribution in [3.05, 3.63) is 29.8 Å². The second kappa shape index (κ2) is 6.78.